The standard InChI is InChI=1S/C14H14N2O2S/c1-2-16-14(17)12-11-8-5-3-4-6-9(8)18-7-10(11)19-13(12)15/h3-6H,2,7,15H2,1H3,(H,16,17). The molecule has 0 aliphatic carbocycles. The Labute approximate surface area is 115 Å². The summed E-state index contributed by atoms with van der Waals surface area (Å²) in [6.07, 6.45) is 0. The predicted molar refractivity (Wildman–Crippen MR) is 76.5 cm³/mol. The van der Waals surface area contributed by atoms with E-state index in [1.807, 2.05) is 31.2 Å². The Morgan fingerprint density at radius 2 is 2.26 bits per heavy atom. The first-order valence-electron chi connectivity index (χ1n) is 6.14. The van der Waals surface area contributed by atoms with Crippen LogP contribution in [0.2, 0.25) is 0 Å². The van der Waals surface area contributed by atoms with Gasteiger partial charge in [0.05, 0.1) is 15.4 Å². The number of anilines is 1. The molecule has 1 aliphatic heterocycles. The fourth-order valence-corrected chi connectivity index (χ4v) is 3.29. The van der Waals surface area contributed by atoms with Crippen LogP contribution in [0.4, 0.5) is 5.00 Å². The van der Waals surface area contributed by atoms with Gasteiger partial charge in [-0.2, -0.15) is 0 Å². The third-order valence-corrected chi connectivity index (χ3v) is 4.08. The molecule has 19 heavy (non-hydrogen) atoms. The van der Waals surface area contributed by atoms with E-state index in [9.17, 15) is 4.79 Å². The topological polar surface area (TPSA) is 64.4 Å². The summed E-state index contributed by atoms with van der Waals surface area (Å²) in [5, 5.41) is 3.37. The molecule has 0 fully saturated rings. The van der Waals surface area contributed by atoms with E-state index in [1.165, 1.54) is 11.3 Å². The first-order valence-corrected chi connectivity index (χ1v) is 6.95. The first-order chi connectivity index (χ1) is 9.22. The van der Waals surface area contributed by atoms with E-state index in [-0.39, 0.29) is 5.91 Å². The van der Waals surface area contributed by atoms with Gasteiger partial charge < -0.3 is 15.8 Å². The number of nitrogens with two attached hydrogens (primary N) is 1. The first kappa shape index (κ1) is 12.0. The van der Waals surface area contributed by atoms with E-state index in [0.717, 1.165) is 21.8 Å². The van der Waals surface area contributed by atoms with Crippen LogP contribution in [-0.4, -0.2) is 12.5 Å². The van der Waals surface area contributed by atoms with Crippen molar-refractivity contribution in [2.75, 3.05) is 12.3 Å². The predicted octanol–water partition coefficient (Wildman–Crippen LogP) is 2.64. The molecule has 1 aliphatic rings. The summed E-state index contributed by atoms with van der Waals surface area (Å²) >= 11 is 1.43. The van der Waals surface area contributed by atoms with Crippen LogP contribution in [0.25, 0.3) is 11.1 Å². The van der Waals surface area contributed by atoms with Gasteiger partial charge in [-0.05, 0) is 13.0 Å². The molecule has 0 saturated carbocycles. The lowest BCUT2D eigenvalue weighted by Gasteiger charge is -2.18. The van der Waals surface area contributed by atoms with E-state index in [2.05, 4.69) is 5.32 Å². The molecule has 1 aromatic carbocycles. The third kappa shape index (κ3) is 1.86. The molecule has 5 heteroatoms. The zero-order valence-corrected chi connectivity index (χ0v) is 11.3. The second-order valence-corrected chi connectivity index (χ2v) is 5.42. The van der Waals surface area contributed by atoms with Crippen LogP contribution in [0.3, 0.4) is 0 Å². The van der Waals surface area contributed by atoms with Crippen molar-refractivity contribution in [3.05, 3.63) is 34.7 Å². The third-order valence-electron chi connectivity index (χ3n) is 3.09. The molecule has 0 saturated heterocycles. The number of nitrogens with one attached hydrogen (secondary N) is 1. The summed E-state index contributed by atoms with van der Waals surface area (Å²) in [6.45, 7) is 2.95. The highest BCUT2D eigenvalue weighted by Crippen LogP contribution is 2.45. The Balaban J connectivity index is 2.20. The highest BCUT2D eigenvalue weighted by molar-refractivity contribution is 7.17. The van der Waals surface area contributed by atoms with Crippen molar-refractivity contribution in [3.8, 4) is 16.9 Å². The summed E-state index contributed by atoms with van der Waals surface area (Å²) in [6, 6.07) is 7.73. The van der Waals surface area contributed by atoms with Crippen LogP contribution in [0.1, 0.15) is 22.2 Å². The monoisotopic (exact) mass is 274 g/mol. The number of benzene rings is 1. The number of rotatable bonds is 2. The summed E-state index contributed by atoms with van der Waals surface area (Å²) in [5.74, 6) is 0.688. The Morgan fingerprint density at radius 3 is 3.05 bits per heavy atom. The van der Waals surface area contributed by atoms with Gasteiger partial charge in [0, 0.05) is 17.7 Å². The second kappa shape index (κ2) is 4.59. The van der Waals surface area contributed by atoms with Gasteiger partial charge in [0.15, 0.2) is 0 Å². The van der Waals surface area contributed by atoms with Gasteiger partial charge in [-0.25, -0.2) is 0 Å². The zero-order chi connectivity index (χ0) is 13.4. The molecule has 0 atom stereocenters. The van der Waals surface area contributed by atoms with Crippen molar-refractivity contribution in [2.24, 2.45) is 0 Å². The van der Waals surface area contributed by atoms with Crippen molar-refractivity contribution < 1.29 is 9.53 Å². The van der Waals surface area contributed by atoms with E-state index < -0.39 is 0 Å². The van der Waals surface area contributed by atoms with Crippen molar-refractivity contribution in [1.82, 2.24) is 5.32 Å². The number of carbonyl (C=O) groups is 1. The number of para-hydroxylation sites is 1. The number of ether oxygens (including phenoxy) is 1. The molecule has 0 bridgehead atoms. The second-order valence-electron chi connectivity index (χ2n) is 4.28. The van der Waals surface area contributed by atoms with Gasteiger partial charge >= 0.3 is 0 Å². The average molecular weight is 274 g/mol. The molecule has 98 valence electrons. The molecule has 4 nitrogen and oxygen atoms in total. The molecule has 3 N–H and O–H groups in total. The average Bonchev–Trinajstić information content (AvgIpc) is 2.75. The Kier molecular flexibility index (Phi) is 2.91. The maximum Gasteiger partial charge on any atom is 0.254 e. The number of thiophene rings is 1. The van der Waals surface area contributed by atoms with Crippen LogP contribution < -0.4 is 15.8 Å². The maximum absolute atomic E-state index is 12.2. The molecule has 0 radical (unpaired) electrons. The Bertz CT molecular complexity index is 649. The highest BCUT2D eigenvalue weighted by atomic mass is 32.1. The quantitative estimate of drug-likeness (QED) is 0.884. The SMILES string of the molecule is CCNC(=O)c1c(N)sc2c1-c1ccccc1OC2. The lowest BCUT2D eigenvalue weighted by atomic mass is 9.98. The Hall–Kier alpha value is -2.01. The van der Waals surface area contributed by atoms with Crippen molar-refractivity contribution in [1.29, 1.82) is 0 Å². The molecule has 3 rings (SSSR count). The van der Waals surface area contributed by atoms with Crippen LogP contribution >= 0.6 is 11.3 Å². The zero-order valence-electron chi connectivity index (χ0n) is 10.5. The molecule has 0 unspecified atom stereocenters. The Morgan fingerprint density at radius 1 is 1.47 bits per heavy atom. The van der Waals surface area contributed by atoms with Crippen molar-refractivity contribution in [3.63, 3.8) is 0 Å². The number of amides is 1. The molecule has 1 amide bonds. The van der Waals surface area contributed by atoms with Crippen LogP contribution in [-0.2, 0) is 6.61 Å². The lowest BCUT2D eigenvalue weighted by molar-refractivity contribution is 0.0957. The van der Waals surface area contributed by atoms with Gasteiger partial charge in [-0.15, -0.1) is 11.3 Å². The smallest absolute Gasteiger partial charge is 0.254 e. The van der Waals surface area contributed by atoms with Gasteiger partial charge in [0.1, 0.15) is 12.4 Å². The number of carbonyl (C=O) groups excluding carboxylic acids is 1. The lowest BCUT2D eigenvalue weighted by Crippen LogP contribution is -2.24. The van der Waals surface area contributed by atoms with Gasteiger partial charge in [-0.1, -0.05) is 18.2 Å². The largest absolute Gasteiger partial charge is 0.487 e. The highest BCUT2D eigenvalue weighted by Gasteiger charge is 2.28. The van der Waals surface area contributed by atoms with E-state index in [1.54, 1.807) is 0 Å². The maximum atomic E-state index is 12.2. The molecule has 2 heterocycles. The van der Waals surface area contributed by atoms with Gasteiger partial charge in [-0.3, -0.25) is 4.79 Å². The summed E-state index contributed by atoms with van der Waals surface area (Å²) in [7, 11) is 0. The number of fused-ring (bicyclic) bond motifs is 3. The molecule has 1 aromatic heterocycles. The summed E-state index contributed by atoms with van der Waals surface area (Å²) in [5.41, 5.74) is 8.46. The number of hydrogen-bond acceptors (Lipinski definition) is 4. The summed E-state index contributed by atoms with van der Waals surface area (Å²) < 4.78 is 5.68. The minimum atomic E-state index is -0.116. The van der Waals surface area contributed by atoms with E-state index in [0.29, 0.717) is 23.7 Å². The molecular weight excluding hydrogens is 260 g/mol. The minimum Gasteiger partial charge on any atom is -0.487 e. The van der Waals surface area contributed by atoms with Gasteiger partial charge in [0.2, 0.25) is 0 Å². The number of hydrogen-bond donors (Lipinski definition) is 2. The molecule has 0 spiro atoms. The number of nitrogen functional groups attached to an aromatic ring is 1. The minimum absolute atomic E-state index is 0.116. The summed E-state index contributed by atoms with van der Waals surface area (Å²) in [4.78, 5) is 13.2. The van der Waals surface area contributed by atoms with E-state index in [4.69, 9.17) is 10.5 Å². The van der Waals surface area contributed by atoms with Crippen LogP contribution in [0, 0.1) is 0 Å². The fraction of sp³-hybridized carbons (Fsp3) is 0.214. The van der Waals surface area contributed by atoms with Gasteiger partial charge in [0.25, 0.3) is 5.91 Å². The van der Waals surface area contributed by atoms with Crippen molar-refractivity contribution in [2.45, 2.75) is 13.5 Å². The molecular formula is C14H14N2O2S. The fourth-order valence-electron chi connectivity index (χ4n) is 2.30. The van der Waals surface area contributed by atoms with E-state index >= 15 is 0 Å². The molecule has 2 aromatic rings. The normalized spacial score (nSPS) is 12.3. The van der Waals surface area contributed by atoms with Crippen LogP contribution in [0.5, 0.6) is 5.75 Å². The van der Waals surface area contributed by atoms with Crippen molar-refractivity contribution >= 4 is 22.2 Å². The van der Waals surface area contributed by atoms with Crippen LogP contribution in [0.15, 0.2) is 24.3 Å².